The molecular weight excluding hydrogens is 271 g/mol. The molecule has 0 atom stereocenters. The first-order chi connectivity index (χ1) is 10.2. The molecule has 0 fully saturated rings. The quantitative estimate of drug-likeness (QED) is 0.858. The van der Waals surface area contributed by atoms with Crippen molar-refractivity contribution < 1.29 is 19.3 Å². The van der Waals surface area contributed by atoms with Crippen molar-refractivity contribution in [2.45, 2.75) is 11.8 Å². The maximum absolute atomic E-state index is 14.3. The lowest BCUT2D eigenvalue weighted by atomic mass is 9.76. The third kappa shape index (κ3) is 3.06. The summed E-state index contributed by atoms with van der Waals surface area (Å²) in [6, 6.07) is 14.0. The van der Waals surface area contributed by atoms with E-state index in [1.165, 1.54) is 7.11 Å². The maximum Gasteiger partial charge on any atom is 0.168 e. The molecule has 2 N–H and O–H groups in total. The van der Waals surface area contributed by atoms with E-state index in [1.54, 1.807) is 18.2 Å². The highest BCUT2D eigenvalue weighted by Crippen LogP contribution is 2.31. The molecule has 2 aromatic rings. The third-order valence-electron chi connectivity index (χ3n) is 3.78. The van der Waals surface area contributed by atoms with Gasteiger partial charge < -0.3 is 14.9 Å². The predicted molar refractivity (Wildman–Crippen MR) is 78.9 cm³/mol. The Kier molecular flexibility index (Phi) is 4.94. The summed E-state index contributed by atoms with van der Waals surface area (Å²) in [6.07, 6.45) is 0.188. The zero-order valence-corrected chi connectivity index (χ0v) is 11.9. The SMILES string of the molecule is COc1cccc(CC(CO)(CO)c2ccccc2)c1F. The number of halogens is 1. The summed E-state index contributed by atoms with van der Waals surface area (Å²) in [6.45, 7) is -0.547. The summed E-state index contributed by atoms with van der Waals surface area (Å²) < 4.78 is 19.3. The van der Waals surface area contributed by atoms with Crippen molar-refractivity contribution >= 4 is 0 Å². The minimum absolute atomic E-state index is 0.158. The fourth-order valence-electron chi connectivity index (χ4n) is 2.45. The zero-order valence-electron chi connectivity index (χ0n) is 11.9. The number of aliphatic hydroxyl groups excluding tert-OH is 2. The lowest BCUT2D eigenvalue weighted by Crippen LogP contribution is -2.37. The van der Waals surface area contributed by atoms with Crippen LogP contribution in [-0.2, 0) is 11.8 Å². The number of aliphatic hydroxyl groups is 2. The predicted octanol–water partition coefficient (Wildman–Crippen LogP) is 2.30. The van der Waals surface area contributed by atoms with E-state index < -0.39 is 11.2 Å². The molecule has 0 saturated carbocycles. The Hall–Kier alpha value is -1.91. The molecule has 21 heavy (non-hydrogen) atoms. The van der Waals surface area contributed by atoms with Crippen LogP contribution in [0.4, 0.5) is 4.39 Å². The molecule has 0 saturated heterocycles. The number of benzene rings is 2. The summed E-state index contributed by atoms with van der Waals surface area (Å²) in [7, 11) is 1.41. The van der Waals surface area contributed by atoms with Crippen molar-refractivity contribution in [1.82, 2.24) is 0 Å². The van der Waals surface area contributed by atoms with Crippen LogP contribution in [0.2, 0.25) is 0 Å². The number of hydrogen-bond donors (Lipinski definition) is 2. The van der Waals surface area contributed by atoms with E-state index in [2.05, 4.69) is 0 Å². The average molecular weight is 290 g/mol. The van der Waals surface area contributed by atoms with Gasteiger partial charge in [0, 0.05) is 5.41 Å². The standard InChI is InChI=1S/C17H19FO3/c1-21-15-9-5-6-13(16(15)18)10-17(11-19,12-20)14-7-3-2-4-8-14/h2-9,19-20H,10-12H2,1H3. The van der Waals surface area contributed by atoms with Crippen molar-refractivity contribution in [1.29, 1.82) is 0 Å². The van der Waals surface area contributed by atoms with Gasteiger partial charge in [0.2, 0.25) is 0 Å². The highest BCUT2D eigenvalue weighted by molar-refractivity contribution is 5.35. The van der Waals surface area contributed by atoms with E-state index in [4.69, 9.17) is 4.74 Å². The molecule has 0 amide bonds. The summed E-state index contributed by atoms with van der Waals surface area (Å²) in [5.74, 6) is -0.299. The molecule has 0 aliphatic carbocycles. The molecule has 2 rings (SSSR count). The highest BCUT2D eigenvalue weighted by Gasteiger charge is 2.32. The Labute approximate surface area is 123 Å². The van der Waals surface area contributed by atoms with E-state index in [-0.39, 0.29) is 25.4 Å². The molecule has 0 aliphatic rings. The van der Waals surface area contributed by atoms with Crippen molar-refractivity contribution in [3.05, 3.63) is 65.5 Å². The Balaban J connectivity index is 2.42. The molecule has 0 aliphatic heterocycles. The van der Waals surface area contributed by atoms with Crippen LogP contribution in [0.1, 0.15) is 11.1 Å². The lowest BCUT2D eigenvalue weighted by molar-refractivity contribution is 0.115. The second kappa shape index (κ2) is 6.70. The Bertz CT molecular complexity index is 580. The Morgan fingerprint density at radius 1 is 1.00 bits per heavy atom. The van der Waals surface area contributed by atoms with Crippen LogP contribution in [-0.4, -0.2) is 30.5 Å². The van der Waals surface area contributed by atoms with Crippen LogP contribution in [0, 0.1) is 5.82 Å². The molecular formula is C17H19FO3. The molecule has 0 radical (unpaired) electrons. The highest BCUT2D eigenvalue weighted by atomic mass is 19.1. The van der Waals surface area contributed by atoms with Crippen LogP contribution in [0.15, 0.2) is 48.5 Å². The summed E-state index contributed by atoms with van der Waals surface area (Å²) in [5, 5.41) is 19.6. The van der Waals surface area contributed by atoms with Crippen molar-refractivity contribution in [3.63, 3.8) is 0 Å². The molecule has 0 bridgehead atoms. The van der Waals surface area contributed by atoms with E-state index >= 15 is 0 Å². The molecule has 4 heteroatoms. The maximum atomic E-state index is 14.3. The number of ether oxygens (including phenoxy) is 1. The van der Waals surface area contributed by atoms with Gasteiger partial charge in [-0.1, -0.05) is 42.5 Å². The fraction of sp³-hybridized carbons (Fsp3) is 0.294. The van der Waals surface area contributed by atoms with Gasteiger partial charge in [0.25, 0.3) is 0 Å². The van der Waals surface area contributed by atoms with Gasteiger partial charge >= 0.3 is 0 Å². The third-order valence-corrected chi connectivity index (χ3v) is 3.78. The summed E-state index contributed by atoms with van der Waals surface area (Å²) in [4.78, 5) is 0. The van der Waals surface area contributed by atoms with Crippen molar-refractivity contribution in [2.24, 2.45) is 0 Å². The van der Waals surface area contributed by atoms with Crippen LogP contribution >= 0.6 is 0 Å². The molecule has 0 spiro atoms. The lowest BCUT2D eigenvalue weighted by Gasteiger charge is -2.31. The average Bonchev–Trinajstić information content (AvgIpc) is 2.55. The van der Waals surface area contributed by atoms with Crippen molar-refractivity contribution in [3.8, 4) is 5.75 Å². The largest absolute Gasteiger partial charge is 0.494 e. The van der Waals surface area contributed by atoms with Crippen LogP contribution in [0.3, 0.4) is 0 Å². The first-order valence-electron chi connectivity index (χ1n) is 6.75. The fourth-order valence-corrected chi connectivity index (χ4v) is 2.45. The van der Waals surface area contributed by atoms with Gasteiger partial charge in [-0.15, -0.1) is 0 Å². The van der Waals surface area contributed by atoms with Gasteiger partial charge in [0.15, 0.2) is 11.6 Å². The summed E-state index contributed by atoms with van der Waals surface area (Å²) >= 11 is 0. The van der Waals surface area contributed by atoms with Gasteiger partial charge in [-0.25, -0.2) is 4.39 Å². The van der Waals surface area contributed by atoms with Crippen LogP contribution in [0.5, 0.6) is 5.75 Å². The van der Waals surface area contributed by atoms with Crippen LogP contribution in [0.25, 0.3) is 0 Å². The number of hydrogen-bond acceptors (Lipinski definition) is 3. The van der Waals surface area contributed by atoms with Crippen molar-refractivity contribution in [2.75, 3.05) is 20.3 Å². The molecule has 0 unspecified atom stereocenters. The summed E-state index contributed by atoms with van der Waals surface area (Å²) in [5.41, 5.74) is 0.257. The van der Waals surface area contributed by atoms with Crippen LogP contribution < -0.4 is 4.74 Å². The van der Waals surface area contributed by atoms with Gasteiger partial charge in [-0.2, -0.15) is 0 Å². The monoisotopic (exact) mass is 290 g/mol. The van der Waals surface area contributed by atoms with Gasteiger partial charge in [-0.05, 0) is 23.6 Å². The molecule has 2 aromatic carbocycles. The Morgan fingerprint density at radius 3 is 2.24 bits per heavy atom. The van der Waals surface area contributed by atoms with E-state index in [1.807, 2.05) is 30.3 Å². The number of rotatable bonds is 6. The van der Waals surface area contributed by atoms with Gasteiger partial charge in [0.1, 0.15) is 0 Å². The molecule has 0 heterocycles. The Morgan fingerprint density at radius 2 is 1.67 bits per heavy atom. The molecule has 112 valence electrons. The zero-order chi connectivity index (χ0) is 15.3. The minimum atomic E-state index is -0.922. The first kappa shape index (κ1) is 15.5. The number of methoxy groups -OCH3 is 1. The minimum Gasteiger partial charge on any atom is -0.494 e. The smallest absolute Gasteiger partial charge is 0.168 e. The van der Waals surface area contributed by atoms with E-state index in [0.717, 1.165) is 5.56 Å². The molecule has 0 aromatic heterocycles. The van der Waals surface area contributed by atoms with E-state index in [9.17, 15) is 14.6 Å². The second-order valence-corrected chi connectivity index (χ2v) is 5.07. The normalized spacial score (nSPS) is 11.4. The van der Waals surface area contributed by atoms with Gasteiger partial charge in [0.05, 0.1) is 20.3 Å². The first-order valence-corrected chi connectivity index (χ1v) is 6.75. The second-order valence-electron chi connectivity index (χ2n) is 5.07. The molecule has 3 nitrogen and oxygen atoms in total. The van der Waals surface area contributed by atoms with Gasteiger partial charge in [-0.3, -0.25) is 0 Å². The topological polar surface area (TPSA) is 49.7 Å². The van der Waals surface area contributed by atoms with E-state index in [0.29, 0.717) is 5.56 Å².